The Kier molecular flexibility index (Phi) is 3.75. The minimum absolute atomic E-state index is 0.0887. The molecule has 1 saturated heterocycles. The van der Waals surface area contributed by atoms with Crippen LogP contribution in [-0.2, 0) is 19.8 Å². The Bertz CT molecular complexity index is 1310. The van der Waals surface area contributed by atoms with Crippen molar-refractivity contribution in [3.63, 3.8) is 0 Å². The minimum atomic E-state index is -1.15. The van der Waals surface area contributed by atoms with Gasteiger partial charge in [-0.3, -0.25) is 14.4 Å². The molecule has 4 heteroatoms. The van der Waals surface area contributed by atoms with E-state index in [1.807, 2.05) is 80.6 Å². The lowest BCUT2D eigenvalue weighted by Gasteiger charge is -2.52. The van der Waals surface area contributed by atoms with Crippen molar-refractivity contribution in [2.75, 3.05) is 4.90 Å². The van der Waals surface area contributed by atoms with Crippen molar-refractivity contribution < 1.29 is 14.4 Å². The van der Waals surface area contributed by atoms with Gasteiger partial charge in [0.1, 0.15) is 5.78 Å². The number of hydrogen-bond donors (Lipinski definition) is 0. The number of rotatable bonds is 2. The van der Waals surface area contributed by atoms with E-state index in [0.29, 0.717) is 5.69 Å². The van der Waals surface area contributed by atoms with E-state index in [9.17, 15) is 14.4 Å². The SMILES string of the molecule is CC(=O)C12c3ccccc3C(c3ccccc31)[C@@H]1C(=O)N(c3ccc(C)cc3C)C(=O)[C@@H]12. The average molecular weight is 421 g/mol. The molecule has 0 N–H and O–H groups in total. The van der Waals surface area contributed by atoms with Gasteiger partial charge in [-0.1, -0.05) is 66.2 Å². The summed E-state index contributed by atoms with van der Waals surface area (Å²) < 4.78 is 0. The van der Waals surface area contributed by atoms with Gasteiger partial charge in [-0.05, 0) is 54.7 Å². The second kappa shape index (κ2) is 6.26. The lowest BCUT2D eigenvalue weighted by atomic mass is 9.46. The van der Waals surface area contributed by atoms with E-state index in [0.717, 1.165) is 33.4 Å². The van der Waals surface area contributed by atoms with Crippen molar-refractivity contribution in [3.8, 4) is 0 Å². The minimum Gasteiger partial charge on any atom is -0.299 e. The molecule has 4 nitrogen and oxygen atoms in total. The molecule has 2 bridgehead atoms. The van der Waals surface area contributed by atoms with Crippen molar-refractivity contribution in [1.29, 1.82) is 0 Å². The van der Waals surface area contributed by atoms with Crippen LogP contribution in [0.1, 0.15) is 46.2 Å². The van der Waals surface area contributed by atoms with Crippen LogP contribution in [-0.4, -0.2) is 17.6 Å². The molecule has 3 aromatic rings. The van der Waals surface area contributed by atoms with E-state index in [4.69, 9.17) is 0 Å². The highest BCUT2D eigenvalue weighted by molar-refractivity contribution is 6.25. The number of Topliss-reactive ketones (excluding diaryl/α,β-unsaturated/α-hetero) is 1. The smallest absolute Gasteiger partial charge is 0.239 e. The van der Waals surface area contributed by atoms with E-state index >= 15 is 0 Å². The molecule has 32 heavy (non-hydrogen) atoms. The molecule has 0 unspecified atom stereocenters. The van der Waals surface area contributed by atoms with Gasteiger partial charge in [0.15, 0.2) is 0 Å². The van der Waals surface area contributed by atoms with E-state index in [1.54, 1.807) is 6.92 Å². The maximum Gasteiger partial charge on any atom is 0.239 e. The highest BCUT2D eigenvalue weighted by Gasteiger charge is 2.70. The standard InChI is InChI=1S/C28H23NO3/c1-15-12-13-22(16(2)14-15)29-26(31)24-23-18-8-4-6-10-20(18)28(17(3)30,25(24)27(29)32)21-11-7-5-9-19(21)23/h4-14,23-25H,1-3H3/t23?,24-,25+,28?/m0/s1. The molecule has 1 heterocycles. The fourth-order valence-electron chi connectivity index (χ4n) is 6.66. The number of ketones is 1. The Morgan fingerprint density at radius 3 is 2.00 bits per heavy atom. The number of amides is 2. The van der Waals surface area contributed by atoms with Crippen LogP contribution in [0.5, 0.6) is 0 Å². The molecule has 158 valence electrons. The van der Waals surface area contributed by atoms with Crippen molar-refractivity contribution in [2.45, 2.75) is 32.1 Å². The zero-order valence-electron chi connectivity index (χ0n) is 18.3. The number of hydrogen-bond acceptors (Lipinski definition) is 3. The molecule has 3 aromatic carbocycles. The Morgan fingerprint density at radius 2 is 1.44 bits per heavy atom. The van der Waals surface area contributed by atoms with Gasteiger partial charge < -0.3 is 0 Å². The first-order valence-electron chi connectivity index (χ1n) is 11.0. The molecule has 7 rings (SSSR count). The molecule has 0 spiro atoms. The summed E-state index contributed by atoms with van der Waals surface area (Å²) in [7, 11) is 0. The monoisotopic (exact) mass is 421 g/mol. The summed E-state index contributed by atoms with van der Waals surface area (Å²) in [5.74, 6) is -2.11. The van der Waals surface area contributed by atoms with Gasteiger partial charge in [0, 0.05) is 5.92 Å². The van der Waals surface area contributed by atoms with Gasteiger partial charge in [-0.15, -0.1) is 0 Å². The number of carbonyl (C=O) groups is 3. The lowest BCUT2D eigenvalue weighted by molar-refractivity contribution is -0.132. The van der Waals surface area contributed by atoms with E-state index in [1.165, 1.54) is 4.90 Å². The van der Waals surface area contributed by atoms with Crippen molar-refractivity contribution >= 4 is 23.3 Å². The molecule has 0 radical (unpaired) electrons. The van der Waals surface area contributed by atoms with Gasteiger partial charge in [0.2, 0.25) is 11.8 Å². The highest BCUT2D eigenvalue weighted by atomic mass is 16.2. The summed E-state index contributed by atoms with van der Waals surface area (Å²) in [5, 5.41) is 0. The molecule has 0 saturated carbocycles. The predicted octanol–water partition coefficient (Wildman–Crippen LogP) is 4.44. The van der Waals surface area contributed by atoms with Gasteiger partial charge in [-0.2, -0.15) is 0 Å². The summed E-state index contributed by atoms with van der Waals surface area (Å²) in [6.45, 7) is 5.47. The molecule has 1 aliphatic heterocycles. The zero-order chi connectivity index (χ0) is 22.4. The first-order chi connectivity index (χ1) is 15.4. The van der Waals surface area contributed by atoms with Gasteiger partial charge in [0.25, 0.3) is 0 Å². The molecule has 4 aliphatic rings. The molecule has 2 atom stereocenters. The van der Waals surface area contributed by atoms with Crippen LogP contribution in [0.25, 0.3) is 0 Å². The second-order valence-corrected chi connectivity index (χ2v) is 9.32. The second-order valence-electron chi connectivity index (χ2n) is 9.32. The van der Waals surface area contributed by atoms with Gasteiger partial charge in [-0.25, -0.2) is 4.90 Å². The number of aryl methyl sites for hydroxylation is 2. The third kappa shape index (κ3) is 2.05. The molecule has 2 amide bonds. The number of carbonyl (C=O) groups excluding carboxylic acids is 3. The number of benzene rings is 3. The predicted molar refractivity (Wildman–Crippen MR) is 122 cm³/mol. The fourth-order valence-corrected chi connectivity index (χ4v) is 6.66. The van der Waals surface area contributed by atoms with Crippen molar-refractivity contribution in [1.82, 2.24) is 0 Å². The third-order valence-electron chi connectivity index (χ3n) is 7.77. The van der Waals surface area contributed by atoms with Crippen molar-refractivity contribution in [2.24, 2.45) is 11.8 Å². The Balaban J connectivity index is 1.67. The number of nitrogens with zero attached hydrogens (tertiary/aromatic N) is 1. The summed E-state index contributed by atoms with van der Waals surface area (Å²) in [6.07, 6.45) is 0. The topological polar surface area (TPSA) is 54.5 Å². The molecular formula is C28H23NO3. The first kappa shape index (κ1) is 19.2. The van der Waals surface area contributed by atoms with E-state index in [2.05, 4.69) is 0 Å². The Labute approximate surface area is 186 Å². The van der Waals surface area contributed by atoms with Crippen LogP contribution in [0.4, 0.5) is 5.69 Å². The Morgan fingerprint density at radius 1 is 0.844 bits per heavy atom. The van der Waals surface area contributed by atoms with Crippen molar-refractivity contribution in [3.05, 3.63) is 100 Å². The van der Waals surface area contributed by atoms with Crippen LogP contribution < -0.4 is 4.90 Å². The summed E-state index contributed by atoms with van der Waals surface area (Å²) in [5.41, 5.74) is 5.16. The summed E-state index contributed by atoms with van der Waals surface area (Å²) >= 11 is 0. The third-order valence-corrected chi connectivity index (χ3v) is 7.77. The van der Waals surface area contributed by atoms with Crippen LogP contribution in [0.3, 0.4) is 0 Å². The lowest BCUT2D eigenvalue weighted by Crippen LogP contribution is -2.57. The maximum absolute atomic E-state index is 14.1. The largest absolute Gasteiger partial charge is 0.299 e. The summed E-state index contributed by atoms with van der Waals surface area (Å²) in [6, 6.07) is 21.5. The highest BCUT2D eigenvalue weighted by Crippen LogP contribution is 2.64. The first-order valence-corrected chi connectivity index (χ1v) is 11.0. The normalized spacial score (nSPS) is 27.2. The molecular weight excluding hydrogens is 398 g/mol. The summed E-state index contributed by atoms with van der Waals surface area (Å²) in [4.78, 5) is 42.9. The van der Waals surface area contributed by atoms with E-state index in [-0.39, 0.29) is 23.5 Å². The van der Waals surface area contributed by atoms with Gasteiger partial charge in [0.05, 0.1) is 22.9 Å². The molecule has 0 aromatic heterocycles. The number of imide groups is 1. The molecule has 1 fully saturated rings. The van der Waals surface area contributed by atoms with Crippen LogP contribution in [0.15, 0.2) is 66.7 Å². The van der Waals surface area contributed by atoms with Gasteiger partial charge >= 0.3 is 0 Å². The maximum atomic E-state index is 14.1. The van der Waals surface area contributed by atoms with E-state index < -0.39 is 17.3 Å². The molecule has 3 aliphatic carbocycles. The quantitative estimate of drug-likeness (QED) is 0.575. The number of anilines is 1. The van der Waals surface area contributed by atoms with Crippen LogP contribution >= 0.6 is 0 Å². The Hall–Kier alpha value is -3.53. The zero-order valence-corrected chi connectivity index (χ0v) is 18.3. The van der Waals surface area contributed by atoms with Crippen LogP contribution in [0.2, 0.25) is 0 Å². The van der Waals surface area contributed by atoms with Crippen LogP contribution in [0, 0.1) is 25.7 Å². The average Bonchev–Trinajstić information content (AvgIpc) is 3.05. The fraction of sp³-hybridized carbons (Fsp3) is 0.250.